The van der Waals surface area contributed by atoms with Gasteiger partial charge in [-0.3, -0.25) is 14.4 Å². The Morgan fingerprint density at radius 3 is 2.36 bits per heavy atom. The van der Waals surface area contributed by atoms with Crippen molar-refractivity contribution in [1.29, 1.82) is 0 Å². The lowest BCUT2D eigenvalue weighted by atomic mass is 9.44. The van der Waals surface area contributed by atoms with Gasteiger partial charge in [0.15, 0.2) is 0 Å². The Balaban J connectivity index is 0.00000149. The Morgan fingerprint density at radius 2 is 1.73 bits per heavy atom. The van der Waals surface area contributed by atoms with Crippen LogP contribution in [0.5, 0.6) is 0 Å². The maximum atomic E-state index is 13.4. The second kappa shape index (κ2) is 9.66. The van der Waals surface area contributed by atoms with Gasteiger partial charge in [0.05, 0.1) is 5.92 Å². The number of carbonyl (C=O) groups excluding carboxylic acids is 2. The molecule has 0 heterocycles. The van der Waals surface area contributed by atoms with Crippen LogP contribution in [0.1, 0.15) is 106 Å². The summed E-state index contributed by atoms with van der Waals surface area (Å²) in [5.74, 6) is 1.35. The Morgan fingerprint density at radius 1 is 1.09 bits per heavy atom. The van der Waals surface area contributed by atoms with Crippen LogP contribution in [0.3, 0.4) is 0 Å². The molecule has 4 nitrogen and oxygen atoms in total. The highest BCUT2D eigenvalue weighted by atomic mass is 32.1. The van der Waals surface area contributed by atoms with E-state index in [1.165, 1.54) is 0 Å². The molecule has 5 heteroatoms. The van der Waals surface area contributed by atoms with Gasteiger partial charge in [-0.25, -0.2) is 0 Å². The van der Waals surface area contributed by atoms with Crippen LogP contribution < -0.4 is 0 Å². The molecule has 0 bridgehead atoms. The number of rotatable bonds is 5. The van der Waals surface area contributed by atoms with Crippen LogP contribution in [0.15, 0.2) is 0 Å². The van der Waals surface area contributed by atoms with Gasteiger partial charge in [-0.05, 0) is 86.4 Å². The predicted octanol–water partition coefficient (Wildman–Crippen LogP) is 6.61. The second-order valence-electron chi connectivity index (χ2n) is 12.1. The van der Waals surface area contributed by atoms with Gasteiger partial charge in [-0.1, -0.05) is 34.6 Å². The quantitative estimate of drug-likeness (QED) is 0.436. The first-order chi connectivity index (χ1) is 15.4. The number of carboxylic acids is 1. The minimum atomic E-state index is -0.782. The van der Waals surface area contributed by atoms with E-state index in [-0.39, 0.29) is 22.7 Å². The predicted molar refractivity (Wildman–Crippen MR) is 135 cm³/mol. The Kier molecular flexibility index (Phi) is 7.84. The molecule has 0 saturated heterocycles. The highest BCUT2D eigenvalue weighted by Crippen LogP contribution is 2.67. The molecule has 4 aliphatic rings. The second-order valence-corrected chi connectivity index (χ2v) is 13.2. The zero-order chi connectivity index (χ0) is 24.8. The van der Waals surface area contributed by atoms with Crippen LogP contribution in [0.25, 0.3) is 0 Å². The summed E-state index contributed by atoms with van der Waals surface area (Å²) in [7, 11) is 0. The van der Waals surface area contributed by atoms with Crippen LogP contribution in [0.4, 0.5) is 0 Å². The molecule has 0 aliphatic heterocycles. The van der Waals surface area contributed by atoms with Gasteiger partial charge in [0.1, 0.15) is 11.6 Å². The Hall–Kier alpha value is -0.840. The molecule has 0 aromatic heterocycles. The molecule has 4 rings (SSSR count). The summed E-state index contributed by atoms with van der Waals surface area (Å²) in [5.41, 5.74) is 0.313. The zero-order valence-electron chi connectivity index (χ0n) is 21.7. The van der Waals surface area contributed by atoms with Crippen molar-refractivity contribution in [3.05, 3.63) is 0 Å². The number of thiol groups is 1. The van der Waals surface area contributed by atoms with Crippen molar-refractivity contribution in [3.8, 4) is 0 Å². The average Bonchev–Trinajstić information content (AvgIpc) is 3.10. The number of Topliss-reactive ketones (excluding diaryl/α,β-unsaturated/α-hetero) is 2. The standard InChI is InChI=1S/C26H40O4S.C2H6/c1-15(23(29)30)26(4,31)12-7-16-5-6-19-22-20(9-11-24(16,19)2)25(3)10-8-18(27)13-17(25)14-21(22)28;1-2/h15-17,19-20,22,31H,5-14H2,1-4H3,(H,29,30);1-2H3. The minimum absolute atomic E-state index is 0.145. The molecule has 4 saturated carbocycles. The van der Waals surface area contributed by atoms with Crippen molar-refractivity contribution in [1.82, 2.24) is 0 Å². The molecule has 0 aromatic rings. The SMILES string of the molecule is CC.CC(C(=O)O)C(C)(S)CCC1CCC2C3C(=O)CC4CC(=O)CCC4(C)C3CCC12C. The van der Waals surface area contributed by atoms with E-state index in [1.54, 1.807) is 6.92 Å². The first kappa shape index (κ1) is 26.8. The summed E-state index contributed by atoms with van der Waals surface area (Å²) >= 11 is 4.74. The highest BCUT2D eigenvalue weighted by molar-refractivity contribution is 7.81. The maximum Gasteiger partial charge on any atom is 0.307 e. The first-order valence-corrected chi connectivity index (χ1v) is 13.8. The maximum absolute atomic E-state index is 13.4. The molecule has 0 radical (unpaired) electrons. The summed E-state index contributed by atoms with van der Waals surface area (Å²) in [6.45, 7) is 12.5. The molecular formula is C28H46O4S. The molecule has 4 aliphatic carbocycles. The van der Waals surface area contributed by atoms with Crippen molar-refractivity contribution in [3.63, 3.8) is 0 Å². The highest BCUT2D eigenvalue weighted by Gasteiger charge is 2.62. The van der Waals surface area contributed by atoms with Gasteiger partial charge < -0.3 is 5.11 Å². The molecule has 1 N–H and O–H groups in total. The van der Waals surface area contributed by atoms with Gasteiger partial charge in [0, 0.05) is 29.9 Å². The number of ketones is 2. The number of hydrogen-bond donors (Lipinski definition) is 2. The zero-order valence-corrected chi connectivity index (χ0v) is 22.5. The lowest BCUT2D eigenvalue weighted by Crippen LogP contribution is -2.57. The van der Waals surface area contributed by atoms with Gasteiger partial charge in [-0.15, -0.1) is 0 Å². The van der Waals surface area contributed by atoms with Crippen molar-refractivity contribution in [2.75, 3.05) is 0 Å². The van der Waals surface area contributed by atoms with Crippen LogP contribution in [-0.2, 0) is 14.4 Å². The van der Waals surface area contributed by atoms with Crippen molar-refractivity contribution in [2.45, 2.75) is 110 Å². The molecule has 0 aromatic carbocycles. The van der Waals surface area contributed by atoms with E-state index in [2.05, 4.69) is 13.8 Å². The minimum Gasteiger partial charge on any atom is -0.481 e. The molecule has 9 atom stereocenters. The van der Waals surface area contributed by atoms with Crippen molar-refractivity contribution >= 4 is 30.2 Å². The number of fused-ring (bicyclic) bond motifs is 5. The van der Waals surface area contributed by atoms with Gasteiger partial charge in [0.25, 0.3) is 0 Å². The fraction of sp³-hybridized carbons (Fsp3) is 0.893. The topological polar surface area (TPSA) is 71.4 Å². The van der Waals surface area contributed by atoms with E-state index in [0.29, 0.717) is 48.6 Å². The number of carbonyl (C=O) groups is 3. The molecule has 0 amide bonds. The van der Waals surface area contributed by atoms with Crippen LogP contribution in [-0.4, -0.2) is 27.4 Å². The van der Waals surface area contributed by atoms with E-state index >= 15 is 0 Å². The molecule has 0 spiro atoms. The normalized spacial score (nSPS) is 42.7. The summed E-state index contributed by atoms with van der Waals surface area (Å²) in [6.07, 6.45) is 9.16. The third-order valence-electron chi connectivity index (χ3n) is 10.8. The first-order valence-electron chi connectivity index (χ1n) is 13.4. The van der Waals surface area contributed by atoms with Crippen LogP contribution >= 0.6 is 12.6 Å². The average molecular weight is 479 g/mol. The van der Waals surface area contributed by atoms with Crippen molar-refractivity contribution in [2.24, 2.45) is 46.3 Å². The van der Waals surface area contributed by atoms with Gasteiger partial charge in [-0.2, -0.15) is 12.6 Å². The fourth-order valence-electron chi connectivity index (χ4n) is 8.26. The third kappa shape index (κ3) is 4.57. The smallest absolute Gasteiger partial charge is 0.307 e. The van der Waals surface area contributed by atoms with E-state index in [0.717, 1.165) is 44.9 Å². The Labute approximate surface area is 206 Å². The van der Waals surface area contributed by atoms with Gasteiger partial charge in [0.2, 0.25) is 0 Å². The fourth-order valence-corrected chi connectivity index (χ4v) is 8.50. The van der Waals surface area contributed by atoms with E-state index in [4.69, 9.17) is 12.6 Å². The number of carboxylic acid groups (broad SMARTS) is 1. The molecule has 4 fully saturated rings. The lowest BCUT2D eigenvalue weighted by molar-refractivity contribution is -0.158. The molecule has 9 unspecified atom stereocenters. The van der Waals surface area contributed by atoms with E-state index < -0.39 is 16.6 Å². The van der Waals surface area contributed by atoms with Crippen LogP contribution in [0.2, 0.25) is 0 Å². The summed E-state index contributed by atoms with van der Waals surface area (Å²) in [5, 5.41) is 9.43. The number of aliphatic carboxylic acids is 1. The summed E-state index contributed by atoms with van der Waals surface area (Å²) in [6, 6.07) is 0. The Bertz CT molecular complexity index is 776. The molecular weight excluding hydrogens is 432 g/mol. The monoisotopic (exact) mass is 478 g/mol. The third-order valence-corrected chi connectivity index (χ3v) is 11.4. The van der Waals surface area contributed by atoms with Crippen molar-refractivity contribution < 1.29 is 19.5 Å². The summed E-state index contributed by atoms with van der Waals surface area (Å²) in [4.78, 5) is 37.0. The lowest BCUT2D eigenvalue weighted by Gasteiger charge is -2.59. The summed E-state index contributed by atoms with van der Waals surface area (Å²) < 4.78 is -0.520. The van der Waals surface area contributed by atoms with E-state index in [1.807, 2.05) is 20.8 Å². The number of hydrogen-bond acceptors (Lipinski definition) is 4. The van der Waals surface area contributed by atoms with E-state index in [9.17, 15) is 19.5 Å². The molecule has 33 heavy (non-hydrogen) atoms. The largest absolute Gasteiger partial charge is 0.481 e. The van der Waals surface area contributed by atoms with Crippen LogP contribution in [0, 0.1) is 46.3 Å². The molecule has 188 valence electrons. The van der Waals surface area contributed by atoms with Gasteiger partial charge >= 0.3 is 5.97 Å².